The van der Waals surface area contributed by atoms with Crippen LogP contribution < -0.4 is 0 Å². The van der Waals surface area contributed by atoms with Gasteiger partial charge in [-0.05, 0) is 11.6 Å². The van der Waals surface area contributed by atoms with E-state index in [4.69, 9.17) is 28.6 Å². The molecule has 1 aromatic rings. The molecule has 1 unspecified atom stereocenters. The fraction of sp³-hybridized carbons (Fsp3) is 0.364. The van der Waals surface area contributed by atoms with Crippen LogP contribution in [0.4, 0.5) is 5.69 Å². The van der Waals surface area contributed by atoms with Gasteiger partial charge in [-0.15, -0.1) is 11.6 Å². The molecule has 0 aliphatic carbocycles. The van der Waals surface area contributed by atoms with Crippen molar-refractivity contribution in [2.24, 2.45) is 0 Å². The Labute approximate surface area is 124 Å². The summed E-state index contributed by atoms with van der Waals surface area (Å²) in [5, 5.41) is 18.8. The van der Waals surface area contributed by atoms with Crippen LogP contribution >= 0.6 is 35.0 Å². The number of rotatable bonds is 4. The number of nitro benzene ring substituents is 1. The molecule has 1 aliphatic heterocycles. The molecule has 102 valence electrons. The van der Waals surface area contributed by atoms with Gasteiger partial charge in [-0.25, -0.2) is 0 Å². The number of non-ortho nitro benzene ring substituents is 1. The number of thioether (sulfide) groups is 1. The average molecular weight is 320 g/mol. The number of nitrogens with zero attached hydrogens (tertiary/aromatic N) is 2. The average Bonchev–Trinajstić information content (AvgIpc) is 2.74. The maximum absolute atomic E-state index is 10.8. The summed E-state index contributed by atoms with van der Waals surface area (Å²) in [4.78, 5) is 12.1. The predicted molar refractivity (Wildman–Crippen MR) is 78.5 cm³/mol. The Morgan fingerprint density at radius 2 is 2.26 bits per heavy atom. The second-order valence-corrected chi connectivity index (χ2v) is 6.11. The Morgan fingerprint density at radius 3 is 2.84 bits per heavy atom. The summed E-state index contributed by atoms with van der Waals surface area (Å²) in [7, 11) is 0. The molecule has 1 atom stereocenters. The van der Waals surface area contributed by atoms with Gasteiger partial charge in [-0.2, -0.15) is 0 Å². The highest BCUT2D eigenvalue weighted by atomic mass is 35.5. The number of halogens is 2. The normalized spacial score (nSPS) is 16.7. The number of nitrogens with one attached hydrogen (secondary N) is 1. The van der Waals surface area contributed by atoms with Gasteiger partial charge in [-0.1, -0.05) is 23.4 Å². The standard InChI is InChI=1S/C11H11Cl2N3O2S/c12-8-3-7(4-9(5-8)16(17)18)10(13)6-15-1-2-19-11(15)14/h3-5,10,14H,1-2,6H2. The molecule has 1 aliphatic rings. The fourth-order valence-electron chi connectivity index (χ4n) is 1.80. The second kappa shape index (κ2) is 5.98. The van der Waals surface area contributed by atoms with E-state index in [0.29, 0.717) is 22.3 Å². The van der Waals surface area contributed by atoms with E-state index in [0.717, 1.165) is 12.3 Å². The van der Waals surface area contributed by atoms with Gasteiger partial charge in [0, 0.05) is 36.0 Å². The molecule has 1 saturated heterocycles. The van der Waals surface area contributed by atoms with Crippen LogP contribution in [-0.2, 0) is 0 Å². The van der Waals surface area contributed by atoms with Crippen molar-refractivity contribution in [3.8, 4) is 0 Å². The Balaban J connectivity index is 2.16. The van der Waals surface area contributed by atoms with Gasteiger partial charge in [0.1, 0.15) is 0 Å². The molecule has 0 bridgehead atoms. The van der Waals surface area contributed by atoms with E-state index >= 15 is 0 Å². The van der Waals surface area contributed by atoms with Crippen LogP contribution in [0.15, 0.2) is 18.2 Å². The number of hydrogen-bond acceptors (Lipinski definition) is 4. The number of alkyl halides is 1. The SMILES string of the molecule is N=C1SCCN1CC(Cl)c1cc(Cl)cc([N+](=O)[O-])c1. The molecule has 5 nitrogen and oxygen atoms in total. The lowest BCUT2D eigenvalue weighted by Crippen LogP contribution is -2.27. The minimum atomic E-state index is -0.493. The number of amidine groups is 1. The van der Waals surface area contributed by atoms with E-state index in [1.165, 1.54) is 23.9 Å². The summed E-state index contributed by atoms with van der Waals surface area (Å²) in [5.41, 5.74) is 0.532. The first-order valence-corrected chi connectivity index (χ1v) is 7.32. The van der Waals surface area contributed by atoms with Gasteiger partial charge in [0.25, 0.3) is 5.69 Å². The van der Waals surface area contributed by atoms with Crippen LogP contribution in [0.3, 0.4) is 0 Å². The molecule has 1 N–H and O–H groups in total. The second-order valence-electron chi connectivity index (χ2n) is 4.07. The van der Waals surface area contributed by atoms with Crippen molar-refractivity contribution in [2.45, 2.75) is 5.38 Å². The summed E-state index contributed by atoms with van der Waals surface area (Å²) < 4.78 is 0. The van der Waals surface area contributed by atoms with Crippen LogP contribution in [0.2, 0.25) is 5.02 Å². The first-order valence-electron chi connectivity index (χ1n) is 5.52. The van der Waals surface area contributed by atoms with E-state index in [1.54, 1.807) is 6.07 Å². The topological polar surface area (TPSA) is 70.2 Å². The van der Waals surface area contributed by atoms with Crippen molar-refractivity contribution in [1.82, 2.24) is 4.90 Å². The molecule has 0 amide bonds. The van der Waals surface area contributed by atoms with Crippen LogP contribution in [0, 0.1) is 15.5 Å². The third-order valence-electron chi connectivity index (χ3n) is 2.75. The molecular weight excluding hydrogens is 309 g/mol. The van der Waals surface area contributed by atoms with Crippen LogP contribution in [0.25, 0.3) is 0 Å². The third-order valence-corrected chi connectivity index (χ3v) is 4.27. The smallest absolute Gasteiger partial charge is 0.271 e. The molecule has 1 fully saturated rings. The van der Waals surface area contributed by atoms with Crippen molar-refractivity contribution >= 4 is 45.8 Å². The number of nitro groups is 1. The van der Waals surface area contributed by atoms with E-state index < -0.39 is 10.3 Å². The molecule has 0 radical (unpaired) electrons. The number of benzene rings is 1. The lowest BCUT2D eigenvalue weighted by atomic mass is 10.1. The maximum Gasteiger partial charge on any atom is 0.271 e. The Bertz CT molecular complexity index is 527. The van der Waals surface area contributed by atoms with Crippen molar-refractivity contribution in [3.63, 3.8) is 0 Å². The largest absolute Gasteiger partial charge is 0.349 e. The fourth-order valence-corrected chi connectivity index (χ4v) is 3.18. The molecule has 0 saturated carbocycles. The highest BCUT2D eigenvalue weighted by Gasteiger charge is 2.22. The molecule has 2 rings (SSSR count). The minimum absolute atomic E-state index is 0.0703. The van der Waals surface area contributed by atoms with Crippen molar-refractivity contribution < 1.29 is 4.92 Å². The van der Waals surface area contributed by atoms with E-state index in [9.17, 15) is 10.1 Å². The van der Waals surface area contributed by atoms with Crippen molar-refractivity contribution in [2.75, 3.05) is 18.8 Å². The van der Waals surface area contributed by atoms with Crippen LogP contribution in [0.1, 0.15) is 10.9 Å². The quantitative estimate of drug-likeness (QED) is 0.523. The van der Waals surface area contributed by atoms with Crippen LogP contribution in [-0.4, -0.2) is 33.8 Å². The highest BCUT2D eigenvalue weighted by molar-refractivity contribution is 8.14. The van der Waals surface area contributed by atoms with Crippen molar-refractivity contribution in [1.29, 1.82) is 5.41 Å². The molecule has 1 heterocycles. The molecule has 8 heteroatoms. The van der Waals surface area contributed by atoms with Crippen LogP contribution in [0.5, 0.6) is 0 Å². The van der Waals surface area contributed by atoms with Gasteiger partial charge in [0.15, 0.2) is 5.17 Å². The van der Waals surface area contributed by atoms with Gasteiger partial charge in [0.05, 0.1) is 10.3 Å². The summed E-state index contributed by atoms with van der Waals surface area (Å²) in [6, 6.07) is 4.35. The van der Waals surface area contributed by atoms with E-state index in [2.05, 4.69) is 0 Å². The Morgan fingerprint density at radius 1 is 1.53 bits per heavy atom. The molecule has 0 spiro atoms. The van der Waals surface area contributed by atoms with Gasteiger partial charge in [-0.3, -0.25) is 15.5 Å². The van der Waals surface area contributed by atoms with Gasteiger partial charge >= 0.3 is 0 Å². The minimum Gasteiger partial charge on any atom is -0.349 e. The summed E-state index contributed by atoms with van der Waals surface area (Å²) in [6.07, 6.45) is 0. The van der Waals surface area contributed by atoms with Crippen molar-refractivity contribution in [3.05, 3.63) is 38.9 Å². The predicted octanol–water partition coefficient (Wildman–Crippen LogP) is 3.51. The zero-order valence-corrected chi connectivity index (χ0v) is 12.1. The lowest BCUT2D eigenvalue weighted by molar-refractivity contribution is -0.384. The van der Waals surface area contributed by atoms with Gasteiger partial charge in [0.2, 0.25) is 0 Å². The number of hydrogen-bond donors (Lipinski definition) is 1. The first kappa shape index (κ1) is 14.4. The molecule has 1 aromatic carbocycles. The van der Waals surface area contributed by atoms with Gasteiger partial charge < -0.3 is 4.90 Å². The zero-order valence-electron chi connectivity index (χ0n) is 9.81. The highest BCUT2D eigenvalue weighted by Crippen LogP contribution is 2.30. The summed E-state index contributed by atoms with van der Waals surface area (Å²) in [5.74, 6) is 0.873. The van der Waals surface area contributed by atoms with E-state index in [1.807, 2.05) is 4.90 Å². The Hall–Kier alpha value is -0.980. The zero-order chi connectivity index (χ0) is 14.0. The Kier molecular flexibility index (Phi) is 4.54. The summed E-state index contributed by atoms with van der Waals surface area (Å²) in [6.45, 7) is 1.22. The molecule has 19 heavy (non-hydrogen) atoms. The maximum atomic E-state index is 10.8. The first-order chi connectivity index (χ1) is 8.97. The monoisotopic (exact) mass is 319 g/mol. The molecule has 0 aromatic heterocycles. The third kappa shape index (κ3) is 3.52. The van der Waals surface area contributed by atoms with E-state index in [-0.39, 0.29) is 5.69 Å². The lowest BCUT2D eigenvalue weighted by Gasteiger charge is -2.20. The molecular formula is C11H11Cl2N3O2S. The summed E-state index contributed by atoms with van der Waals surface area (Å²) >= 11 is 13.6.